The van der Waals surface area contributed by atoms with Crippen LogP contribution in [0.15, 0.2) is 30.3 Å². The highest BCUT2D eigenvalue weighted by molar-refractivity contribution is 7.98. The zero-order valence-corrected chi connectivity index (χ0v) is 19.1. The number of rotatable bonds is 15. The molecule has 3 amide bonds. The molecule has 12 heteroatoms. The number of benzene rings is 1. The Morgan fingerprint density at radius 3 is 2.21 bits per heavy atom. The van der Waals surface area contributed by atoms with Crippen LogP contribution in [0.1, 0.15) is 24.8 Å². The van der Waals surface area contributed by atoms with E-state index < -0.39 is 60.8 Å². The van der Waals surface area contributed by atoms with Crippen molar-refractivity contribution in [1.82, 2.24) is 16.0 Å². The monoisotopic (exact) mass is 482 g/mol. The minimum Gasteiger partial charge on any atom is -0.481 e. The van der Waals surface area contributed by atoms with Crippen molar-refractivity contribution >= 4 is 41.4 Å². The van der Waals surface area contributed by atoms with E-state index in [1.54, 1.807) is 36.0 Å². The number of hydrogen-bond donors (Lipinski definition) is 6. The number of aliphatic carboxylic acids is 2. The van der Waals surface area contributed by atoms with Gasteiger partial charge in [0.05, 0.1) is 12.6 Å². The number of nitrogens with two attached hydrogens (primary N) is 1. The Labute approximate surface area is 195 Å². The van der Waals surface area contributed by atoms with Crippen molar-refractivity contribution in [2.75, 3.05) is 18.6 Å². The van der Waals surface area contributed by atoms with Gasteiger partial charge in [0.1, 0.15) is 12.1 Å². The third-order valence-corrected chi connectivity index (χ3v) is 5.23. The first-order valence-corrected chi connectivity index (χ1v) is 11.6. The maximum atomic E-state index is 12.7. The van der Waals surface area contributed by atoms with E-state index in [-0.39, 0.29) is 12.8 Å². The molecule has 0 aliphatic carbocycles. The molecular weight excluding hydrogens is 452 g/mol. The smallest absolute Gasteiger partial charge is 0.326 e. The van der Waals surface area contributed by atoms with Gasteiger partial charge in [-0.2, -0.15) is 11.8 Å². The molecule has 0 radical (unpaired) electrons. The molecule has 0 saturated carbocycles. The lowest BCUT2D eigenvalue weighted by Crippen LogP contribution is -2.54. The molecule has 182 valence electrons. The van der Waals surface area contributed by atoms with Gasteiger partial charge in [-0.25, -0.2) is 4.79 Å². The summed E-state index contributed by atoms with van der Waals surface area (Å²) in [6.07, 6.45) is 1.74. The van der Waals surface area contributed by atoms with E-state index in [4.69, 9.17) is 15.9 Å². The average Bonchev–Trinajstić information content (AvgIpc) is 2.78. The Bertz CT molecular complexity index is 822. The van der Waals surface area contributed by atoms with Crippen molar-refractivity contribution in [2.24, 2.45) is 5.73 Å². The molecule has 1 aromatic rings. The van der Waals surface area contributed by atoms with Gasteiger partial charge in [-0.05, 0) is 30.4 Å². The lowest BCUT2D eigenvalue weighted by atomic mass is 10.0. The molecule has 0 spiro atoms. The molecule has 7 N–H and O–H groups in total. The zero-order chi connectivity index (χ0) is 24.8. The quantitative estimate of drug-likeness (QED) is 0.189. The zero-order valence-electron chi connectivity index (χ0n) is 18.3. The maximum Gasteiger partial charge on any atom is 0.326 e. The second-order valence-electron chi connectivity index (χ2n) is 7.25. The van der Waals surface area contributed by atoms with Crippen molar-refractivity contribution in [2.45, 2.75) is 43.8 Å². The minimum atomic E-state index is -1.40. The van der Waals surface area contributed by atoms with Crippen molar-refractivity contribution in [3.05, 3.63) is 35.9 Å². The fourth-order valence-electron chi connectivity index (χ4n) is 2.77. The molecule has 33 heavy (non-hydrogen) atoms. The van der Waals surface area contributed by atoms with Crippen molar-refractivity contribution < 1.29 is 34.2 Å². The summed E-state index contributed by atoms with van der Waals surface area (Å²) in [7, 11) is 0. The number of carboxylic acid groups (broad SMARTS) is 2. The van der Waals surface area contributed by atoms with Gasteiger partial charge >= 0.3 is 11.9 Å². The first kappa shape index (κ1) is 27.9. The predicted molar refractivity (Wildman–Crippen MR) is 122 cm³/mol. The van der Waals surface area contributed by atoms with Crippen LogP contribution < -0.4 is 21.7 Å². The Hall–Kier alpha value is -3.12. The van der Waals surface area contributed by atoms with Gasteiger partial charge < -0.3 is 31.9 Å². The number of nitrogens with one attached hydrogen (secondary N) is 3. The molecule has 0 fully saturated rings. The standard InChI is InChI=1S/C21H30N4O7S/c1-33-10-9-14(22)19(29)25-16(11-13-5-3-2-4-6-13)20(30)23-12-17(26)24-15(21(31)32)7-8-18(27)28/h2-6,14-16H,7-12,22H2,1H3,(H,23,30)(H,24,26)(H,25,29)(H,27,28)(H,31,32). The topological polar surface area (TPSA) is 188 Å². The second-order valence-corrected chi connectivity index (χ2v) is 8.23. The molecule has 3 unspecified atom stereocenters. The van der Waals surface area contributed by atoms with Crippen LogP contribution >= 0.6 is 11.8 Å². The third-order valence-electron chi connectivity index (χ3n) is 4.59. The lowest BCUT2D eigenvalue weighted by molar-refractivity contribution is -0.143. The highest BCUT2D eigenvalue weighted by Crippen LogP contribution is 2.05. The summed E-state index contributed by atoms with van der Waals surface area (Å²) < 4.78 is 0. The molecule has 1 aromatic carbocycles. The lowest BCUT2D eigenvalue weighted by Gasteiger charge is -2.21. The van der Waals surface area contributed by atoms with Crippen molar-refractivity contribution in [1.29, 1.82) is 0 Å². The van der Waals surface area contributed by atoms with Gasteiger partial charge in [0.2, 0.25) is 17.7 Å². The number of carbonyl (C=O) groups excluding carboxylic acids is 3. The normalized spacial score (nSPS) is 13.3. The first-order chi connectivity index (χ1) is 15.6. The summed E-state index contributed by atoms with van der Waals surface area (Å²) in [6.45, 7) is -0.546. The Kier molecular flexibility index (Phi) is 12.6. The van der Waals surface area contributed by atoms with Crippen LogP contribution in [0.25, 0.3) is 0 Å². The van der Waals surface area contributed by atoms with E-state index in [1.165, 1.54) is 0 Å². The number of carboxylic acids is 2. The van der Waals surface area contributed by atoms with Crippen LogP contribution in [0.2, 0.25) is 0 Å². The number of amides is 3. The molecular formula is C21H30N4O7S. The Morgan fingerprint density at radius 2 is 1.64 bits per heavy atom. The van der Waals surface area contributed by atoms with Gasteiger partial charge in [0, 0.05) is 12.8 Å². The third kappa shape index (κ3) is 11.3. The Morgan fingerprint density at radius 1 is 0.970 bits per heavy atom. The fraction of sp³-hybridized carbons (Fsp3) is 0.476. The Balaban J connectivity index is 2.75. The fourth-order valence-corrected chi connectivity index (χ4v) is 3.26. The van der Waals surface area contributed by atoms with Gasteiger partial charge in [0.15, 0.2) is 0 Å². The van der Waals surface area contributed by atoms with Crippen LogP contribution in [-0.2, 0) is 30.4 Å². The van der Waals surface area contributed by atoms with E-state index in [0.29, 0.717) is 12.2 Å². The van der Waals surface area contributed by atoms with Crippen LogP contribution in [0, 0.1) is 0 Å². The molecule has 3 atom stereocenters. The molecule has 0 bridgehead atoms. The van der Waals surface area contributed by atoms with Gasteiger partial charge in [0.25, 0.3) is 0 Å². The van der Waals surface area contributed by atoms with E-state index >= 15 is 0 Å². The van der Waals surface area contributed by atoms with Crippen molar-refractivity contribution in [3.8, 4) is 0 Å². The number of thioether (sulfide) groups is 1. The van der Waals surface area contributed by atoms with Crippen LogP contribution in [0.4, 0.5) is 0 Å². The first-order valence-electron chi connectivity index (χ1n) is 10.2. The maximum absolute atomic E-state index is 12.7. The van der Waals surface area contributed by atoms with E-state index in [2.05, 4.69) is 16.0 Å². The van der Waals surface area contributed by atoms with Gasteiger partial charge in [-0.1, -0.05) is 30.3 Å². The van der Waals surface area contributed by atoms with E-state index in [0.717, 1.165) is 5.56 Å². The van der Waals surface area contributed by atoms with Gasteiger partial charge in [-0.15, -0.1) is 0 Å². The van der Waals surface area contributed by atoms with Crippen LogP contribution in [-0.4, -0.2) is 76.6 Å². The SMILES string of the molecule is CSCCC(N)C(=O)NC(Cc1ccccc1)C(=O)NCC(=O)NC(CCC(=O)O)C(=O)O. The molecule has 1 rings (SSSR count). The molecule has 0 aliphatic heterocycles. The molecule has 11 nitrogen and oxygen atoms in total. The highest BCUT2D eigenvalue weighted by Gasteiger charge is 2.25. The van der Waals surface area contributed by atoms with E-state index in [9.17, 15) is 24.0 Å². The summed E-state index contributed by atoms with van der Waals surface area (Å²) in [5, 5.41) is 25.0. The van der Waals surface area contributed by atoms with Gasteiger partial charge in [-0.3, -0.25) is 19.2 Å². The van der Waals surface area contributed by atoms with Crippen molar-refractivity contribution in [3.63, 3.8) is 0 Å². The summed E-state index contributed by atoms with van der Waals surface area (Å²) in [5.74, 6) is -3.84. The second kappa shape index (κ2) is 14.9. The van der Waals surface area contributed by atoms with Crippen LogP contribution in [0.3, 0.4) is 0 Å². The summed E-state index contributed by atoms with van der Waals surface area (Å²) in [5.41, 5.74) is 6.66. The number of hydrogen-bond acceptors (Lipinski definition) is 7. The molecule has 0 saturated heterocycles. The summed E-state index contributed by atoms with van der Waals surface area (Å²) in [4.78, 5) is 59.1. The molecule has 0 aliphatic rings. The average molecular weight is 483 g/mol. The molecule has 0 heterocycles. The van der Waals surface area contributed by atoms with Crippen LogP contribution in [0.5, 0.6) is 0 Å². The largest absolute Gasteiger partial charge is 0.481 e. The van der Waals surface area contributed by atoms with E-state index in [1.807, 2.05) is 12.3 Å². The summed E-state index contributed by atoms with van der Waals surface area (Å²) >= 11 is 1.54. The molecule has 0 aromatic heterocycles. The summed E-state index contributed by atoms with van der Waals surface area (Å²) in [6, 6.07) is 5.75. The predicted octanol–water partition coefficient (Wildman–Crippen LogP) is -0.655. The highest BCUT2D eigenvalue weighted by atomic mass is 32.2. The number of carbonyl (C=O) groups is 5. The minimum absolute atomic E-state index is 0.158.